The molecule has 0 bridgehead atoms. The summed E-state index contributed by atoms with van der Waals surface area (Å²) in [5.74, 6) is -1.36. The molecule has 28 heavy (non-hydrogen) atoms. The second-order valence-electron chi connectivity index (χ2n) is 6.36. The van der Waals surface area contributed by atoms with Gasteiger partial charge >= 0.3 is 5.97 Å². The monoisotopic (exact) mass is 442 g/mol. The molecule has 1 unspecified atom stereocenters. The third kappa shape index (κ3) is 4.31. The van der Waals surface area contributed by atoms with Crippen LogP contribution in [0.3, 0.4) is 0 Å². The summed E-state index contributed by atoms with van der Waals surface area (Å²) in [5, 5.41) is 3.28. The molecule has 0 saturated heterocycles. The first-order chi connectivity index (χ1) is 13.4. The van der Waals surface area contributed by atoms with Crippen molar-refractivity contribution in [1.82, 2.24) is 10.3 Å². The van der Waals surface area contributed by atoms with E-state index < -0.39 is 18.0 Å². The second kappa shape index (κ2) is 8.39. The molecular weight excluding hydrogens is 424 g/mol. The average molecular weight is 443 g/mol. The molecule has 1 heterocycles. The lowest BCUT2D eigenvalue weighted by Gasteiger charge is -2.13. The number of ether oxygens (including phenoxy) is 1. The Bertz CT molecular complexity index is 1040. The van der Waals surface area contributed by atoms with Crippen LogP contribution in [0.15, 0.2) is 53.0 Å². The van der Waals surface area contributed by atoms with Crippen molar-refractivity contribution < 1.29 is 19.1 Å². The summed E-state index contributed by atoms with van der Waals surface area (Å²) in [6.45, 7) is 3.01. The summed E-state index contributed by atoms with van der Waals surface area (Å²) < 4.78 is 6.07. The number of Topliss-reactive ketones (excluding diaryl/α,β-unsaturated/α-hetero) is 1. The van der Waals surface area contributed by atoms with E-state index in [1.54, 1.807) is 31.2 Å². The number of esters is 1. The largest absolute Gasteiger partial charge is 0.453 e. The smallest absolute Gasteiger partial charge is 0.326 e. The van der Waals surface area contributed by atoms with Crippen molar-refractivity contribution in [2.24, 2.45) is 0 Å². The van der Waals surface area contributed by atoms with Gasteiger partial charge in [0.25, 0.3) is 5.91 Å². The Labute approximate surface area is 170 Å². The standard InChI is InChI=1S/C21H19BrN2O4/c1-12-19(16-5-3-4-6-17(16)24-12)20(26)13(2)28-18(25)11-23-21(27)14-7-9-15(22)10-8-14/h3-10,13,24H,11H2,1-2H3,(H,23,27). The number of carbonyl (C=O) groups is 3. The Hall–Kier alpha value is -2.93. The van der Waals surface area contributed by atoms with Crippen LogP contribution in [0.1, 0.15) is 33.3 Å². The van der Waals surface area contributed by atoms with Crippen molar-refractivity contribution in [3.63, 3.8) is 0 Å². The molecule has 0 aliphatic rings. The first kappa shape index (κ1) is 19.8. The van der Waals surface area contributed by atoms with Crippen molar-refractivity contribution in [3.8, 4) is 0 Å². The lowest BCUT2D eigenvalue weighted by atomic mass is 10.0. The van der Waals surface area contributed by atoms with E-state index in [9.17, 15) is 14.4 Å². The number of hydrogen-bond acceptors (Lipinski definition) is 4. The number of aromatic nitrogens is 1. The maximum absolute atomic E-state index is 12.8. The summed E-state index contributed by atoms with van der Waals surface area (Å²) in [7, 11) is 0. The number of hydrogen-bond donors (Lipinski definition) is 2. The number of carbonyl (C=O) groups excluding carboxylic acids is 3. The van der Waals surface area contributed by atoms with E-state index >= 15 is 0 Å². The lowest BCUT2D eigenvalue weighted by Crippen LogP contribution is -2.34. The summed E-state index contributed by atoms with van der Waals surface area (Å²) in [6.07, 6.45) is -0.963. The Morgan fingerprint density at radius 2 is 1.79 bits per heavy atom. The number of benzene rings is 2. The van der Waals surface area contributed by atoms with Gasteiger partial charge in [-0.2, -0.15) is 0 Å². The normalized spacial score (nSPS) is 11.8. The molecule has 144 valence electrons. The van der Waals surface area contributed by atoms with Gasteiger partial charge in [-0.05, 0) is 44.2 Å². The summed E-state index contributed by atoms with van der Waals surface area (Å²) in [6, 6.07) is 14.2. The molecule has 0 fully saturated rings. The molecule has 0 spiro atoms. The van der Waals surface area contributed by atoms with Crippen molar-refractivity contribution >= 4 is 44.5 Å². The molecule has 2 aromatic carbocycles. The summed E-state index contributed by atoms with van der Waals surface area (Å²) in [5.41, 5.74) is 2.51. The van der Waals surface area contributed by atoms with Crippen molar-refractivity contribution in [2.45, 2.75) is 20.0 Å². The van der Waals surface area contributed by atoms with Crippen LogP contribution in [-0.4, -0.2) is 35.3 Å². The minimum Gasteiger partial charge on any atom is -0.453 e. The quantitative estimate of drug-likeness (QED) is 0.448. The van der Waals surface area contributed by atoms with Gasteiger partial charge in [0, 0.05) is 32.2 Å². The van der Waals surface area contributed by atoms with E-state index in [4.69, 9.17) is 4.74 Å². The van der Waals surface area contributed by atoms with Gasteiger partial charge < -0.3 is 15.0 Å². The van der Waals surface area contributed by atoms with Gasteiger partial charge in [-0.1, -0.05) is 34.1 Å². The molecule has 1 atom stereocenters. The van der Waals surface area contributed by atoms with E-state index in [1.165, 1.54) is 6.92 Å². The maximum Gasteiger partial charge on any atom is 0.326 e. The van der Waals surface area contributed by atoms with Gasteiger partial charge in [0.15, 0.2) is 6.10 Å². The number of amides is 1. The zero-order chi connectivity index (χ0) is 20.3. The summed E-state index contributed by atoms with van der Waals surface area (Å²) in [4.78, 5) is 40.0. The number of fused-ring (bicyclic) bond motifs is 1. The predicted octanol–water partition coefficient (Wildman–Crippen LogP) is 3.78. The van der Waals surface area contributed by atoms with E-state index in [0.29, 0.717) is 11.1 Å². The first-order valence-electron chi connectivity index (χ1n) is 8.71. The zero-order valence-electron chi connectivity index (χ0n) is 15.4. The van der Waals surface area contributed by atoms with E-state index in [-0.39, 0.29) is 12.3 Å². The number of rotatable bonds is 6. The molecule has 2 N–H and O–H groups in total. The van der Waals surface area contributed by atoms with Crippen LogP contribution < -0.4 is 5.32 Å². The van der Waals surface area contributed by atoms with Crippen LogP contribution in [0.4, 0.5) is 0 Å². The number of aryl methyl sites for hydroxylation is 1. The topological polar surface area (TPSA) is 88.3 Å². The van der Waals surface area contributed by atoms with Gasteiger partial charge in [0.1, 0.15) is 6.54 Å². The SMILES string of the molecule is Cc1[nH]c2ccccc2c1C(=O)C(C)OC(=O)CNC(=O)c1ccc(Br)cc1. The molecule has 0 aliphatic carbocycles. The van der Waals surface area contributed by atoms with Gasteiger partial charge in [-0.3, -0.25) is 14.4 Å². The lowest BCUT2D eigenvalue weighted by molar-refractivity contribution is -0.145. The second-order valence-corrected chi connectivity index (χ2v) is 7.27. The van der Waals surface area contributed by atoms with Gasteiger partial charge in [0.2, 0.25) is 5.78 Å². The van der Waals surface area contributed by atoms with Gasteiger partial charge in [-0.15, -0.1) is 0 Å². The fourth-order valence-electron chi connectivity index (χ4n) is 2.95. The van der Waals surface area contributed by atoms with E-state index in [2.05, 4.69) is 26.2 Å². The number of ketones is 1. The Balaban J connectivity index is 1.60. The van der Waals surface area contributed by atoms with E-state index in [1.807, 2.05) is 24.3 Å². The highest BCUT2D eigenvalue weighted by molar-refractivity contribution is 9.10. The molecule has 6 nitrogen and oxygen atoms in total. The molecule has 3 aromatic rings. The van der Waals surface area contributed by atoms with Crippen LogP contribution in [0.5, 0.6) is 0 Å². The zero-order valence-corrected chi connectivity index (χ0v) is 17.0. The minimum absolute atomic E-state index is 0.289. The fraction of sp³-hybridized carbons (Fsp3) is 0.190. The highest BCUT2D eigenvalue weighted by Gasteiger charge is 2.24. The molecule has 0 saturated carbocycles. The fourth-order valence-corrected chi connectivity index (χ4v) is 3.21. The molecule has 1 amide bonds. The Kier molecular flexibility index (Phi) is 5.94. The number of halogens is 1. The third-order valence-corrected chi connectivity index (χ3v) is 4.85. The van der Waals surface area contributed by atoms with Crippen LogP contribution in [0.2, 0.25) is 0 Å². The Morgan fingerprint density at radius 3 is 2.50 bits per heavy atom. The third-order valence-electron chi connectivity index (χ3n) is 4.32. The average Bonchev–Trinajstić information content (AvgIpc) is 3.01. The Morgan fingerprint density at radius 1 is 1.11 bits per heavy atom. The highest BCUT2D eigenvalue weighted by atomic mass is 79.9. The van der Waals surface area contributed by atoms with Crippen LogP contribution in [0.25, 0.3) is 10.9 Å². The van der Waals surface area contributed by atoms with Gasteiger partial charge in [-0.25, -0.2) is 0 Å². The van der Waals surface area contributed by atoms with Crippen molar-refractivity contribution in [3.05, 3.63) is 69.8 Å². The minimum atomic E-state index is -0.963. The molecule has 0 aliphatic heterocycles. The first-order valence-corrected chi connectivity index (χ1v) is 9.51. The van der Waals surface area contributed by atoms with Gasteiger partial charge in [0.05, 0.1) is 0 Å². The van der Waals surface area contributed by atoms with Crippen LogP contribution in [-0.2, 0) is 9.53 Å². The molecule has 0 radical (unpaired) electrons. The highest BCUT2D eigenvalue weighted by Crippen LogP contribution is 2.23. The number of nitrogens with one attached hydrogen (secondary N) is 2. The molecule has 3 rings (SSSR count). The number of H-pyrrole nitrogens is 1. The molecule has 1 aromatic heterocycles. The predicted molar refractivity (Wildman–Crippen MR) is 109 cm³/mol. The number of aromatic amines is 1. The van der Waals surface area contributed by atoms with Crippen LogP contribution >= 0.6 is 15.9 Å². The molecule has 7 heteroatoms. The maximum atomic E-state index is 12.8. The number of para-hydroxylation sites is 1. The molecular formula is C21H19BrN2O4. The van der Waals surface area contributed by atoms with E-state index in [0.717, 1.165) is 21.1 Å². The van der Waals surface area contributed by atoms with Crippen molar-refractivity contribution in [1.29, 1.82) is 0 Å². The van der Waals surface area contributed by atoms with Crippen LogP contribution in [0, 0.1) is 6.92 Å². The van der Waals surface area contributed by atoms with Crippen molar-refractivity contribution in [2.75, 3.05) is 6.54 Å². The summed E-state index contributed by atoms with van der Waals surface area (Å²) >= 11 is 3.29.